The Morgan fingerprint density at radius 3 is 2.28 bits per heavy atom. The first-order valence-electron chi connectivity index (χ1n) is 13.2. The van der Waals surface area contributed by atoms with Gasteiger partial charge in [-0.25, -0.2) is 0 Å². The van der Waals surface area contributed by atoms with E-state index in [0.29, 0.717) is 29.5 Å². The van der Waals surface area contributed by atoms with Crippen LogP contribution in [0.5, 0.6) is 0 Å². The molecule has 190 valence electrons. The molecule has 3 aromatic rings. The third-order valence-corrected chi connectivity index (χ3v) is 7.77. The molecule has 2 aliphatic heterocycles. The summed E-state index contributed by atoms with van der Waals surface area (Å²) in [5.74, 6) is 0.848. The lowest BCUT2D eigenvalue weighted by Crippen LogP contribution is -2.54. The van der Waals surface area contributed by atoms with Crippen LogP contribution in [0.25, 0.3) is 11.0 Å². The van der Waals surface area contributed by atoms with Crippen molar-refractivity contribution >= 4 is 22.8 Å². The van der Waals surface area contributed by atoms with Crippen molar-refractivity contribution in [2.45, 2.75) is 51.5 Å². The maximum Gasteiger partial charge on any atom is 0.254 e. The Morgan fingerprint density at radius 1 is 0.889 bits per heavy atom. The molecule has 8 heteroatoms. The first-order chi connectivity index (χ1) is 17.5. The number of amides is 2. The van der Waals surface area contributed by atoms with Gasteiger partial charge in [0.1, 0.15) is 11.0 Å². The molecular formula is C28H36N6O2. The molecule has 1 N–H and O–H groups in total. The van der Waals surface area contributed by atoms with Gasteiger partial charge in [-0.15, -0.1) is 0 Å². The molecule has 2 saturated heterocycles. The predicted molar refractivity (Wildman–Crippen MR) is 140 cm³/mol. The zero-order valence-electron chi connectivity index (χ0n) is 21.3. The second kappa shape index (κ2) is 10.8. The number of aromatic nitrogens is 3. The van der Waals surface area contributed by atoms with E-state index in [9.17, 15) is 9.59 Å². The lowest BCUT2D eigenvalue weighted by molar-refractivity contribution is -0.132. The molecule has 2 amide bonds. The first-order valence-corrected chi connectivity index (χ1v) is 13.2. The largest absolute Gasteiger partial charge is 0.343 e. The van der Waals surface area contributed by atoms with Crippen LogP contribution in [0.15, 0.2) is 42.5 Å². The van der Waals surface area contributed by atoms with E-state index in [0.717, 1.165) is 64.0 Å². The highest BCUT2D eigenvalue weighted by atomic mass is 16.2. The van der Waals surface area contributed by atoms with Crippen molar-refractivity contribution in [1.82, 2.24) is 30.1 Å². The molecule has 2 aromatic carbocycles. The number of rotatable bonds is 6. The van der Waals surface area contributed by atoms with Crippen LogP contribution in [0.2, 0.25) is 0 Å². The van der Waals surface area contributed by atoms with E-state index < -0.39 is 0 Å². The monoisotopic (exact) mass is 488 g/mol. The molecule has 2 fully saturated rings. The number of hydrogen-bond donors (Lipinski definition) is 1. The van der Waals surface area contributed by atoms with Crippen LogP contribution in [-0.4, -0.2) is 87.2 Å². The number of H-pyrrole nitrogens is 1. The van der Waals surface area contributed by atoms with Crippen LogP contribution in [0.3, 0.4) is 0 Å². The molecule has 36 heavy (non-hydrogen) atoms. The van der Waals surface area contributed by atoms with Crippen LogP contribution in [0.1, 0.15) is 60.5 Å². The van der Waals surface area contributed by atoms with Gasteiger partial charge >= 0.3 is 0 Å². The van der Waals surface area contributed by atoms with Crippen molar-refractivity contribution in [3.63, 3.8) is 0 Å². The molecule has 2 aliphatic rings. The Labute approximate surface area is 212 Å². The number of piperidine rings is 1. The van der Waals surface area contributed by atoms with E-state index in [-0.39, 0.29) is 11.8 Å². The number of aromatic amines is 1. The van der Waals surface area contributed by atoms with Gasteiger partial charge in [-0.05, 0) is 54.5 Å². The summed E-state index contributed by atoms with van der Waals surface area (Å²) in [6.07, 6.45) is 3.39. The highest BCUT2D eigenvalue weighted by molar-refractivity contribution is 5.97. The molecule has 0 atom stereocenters. The van der Waals surface area contributed by atoms with Gasteiger partial charge in [-0.2, -0.15) is 15.4 Å². The van der Waals surface area contributed by atoms with Crippen LogP contribution in [0.4, 0.5) is 0 Å². The number of aryl methyl sites for hydroxylation is 1. The van der Waals surface area contributed by atoms with E-state index in [1.807, 2.05) is 21.9 Å². The molecule has 0 bridgehead atoms. The summed E-state index contributed by atoms with van der Waals surface area (Å²) in [6, 6.07) is 14.6. The number of hydrogen-bond acceptors (Lipinski definition) is 5. The number of carbonyl (C=O) groups excluding carboxylic acids is 2. The standard InChI is InChI=1S/C28H36N6O2/c1-20(2)22-6-3-21(4-7-22)5-10-27(35)33-13-11-24(12-14-33)32-15-17-34(18-16-32)28(36)23-8-9-25-26(19-23)30-31-29-25/h3-4,6-9,19-20,24H,5,10-18H2,1-2H3,(H,29,30,31). The van der Waals surface area contributed by atoms with Crippen molar-refractivity contribution in [2.24, 2.45) is 0 Å². The number of nitrogens with zero attached hydrogens (tertiary/aromatic N) is 5. The van der Waals surface area contributed by atoms with Gasteiger partial charge in [0.15, 0.2) is 0 Å². The van der Waals surface area contributed by atoms with Gasteiger partial charge in [-0.3, -0.25) is 14.5 Å². The average molecular weight is 489 g/mol. The fraction of sp³-hybridized carbons (Fsp3) is 0.500. The quantitative estimate of drug-likeness (QED) is 0.574. The second-order valence-electron chi connectivity index (χ2n) is 10.4. The molecule has 0 radical (unpaired) electrons. The minimum absolute atomic E-state index is 0.0545. The molecule has 3 heterocycles. The van der Waals surface area contributed by atoms with Gasteiger partial charge in [0.05, 0.1) is 0 Å². The zero-order chi connectivity index (χ0) is 25.1. The maximum atomic E-state index is 13.0. The second-order valence-corrected chi connectivity index (χ2v) is 10.4. The fourth-order valence-electron chi connectivity index (χ4n) is 5.41. The number of fused-ring (bicyclic) bond motifs is 1. The number of nitrogens with one attached hydrogen (secondary N) is 1. The summed E-state index contributed by atoms with van der Waals surface area (Å²) >= 11 is 0. The smallest absolute Gasteiger partial charge is 0.254 e. The van der Waals surface area contributed by atoms with Crippen molar-refractivity contribution in [1.29, 1.82) is 0 Å². The van der Waals surface area contributed by atoms with Gasteiger partial charge < -0.3 is 9.80 Å². The summed E-state index contributed by atoms with van der Waals surface area (Å²) in [6.45, 7) is 9.26. The van der Waals surface area contributed by atoms with Gasteiger partial charge in [0.2, 0.25) is 5.91 Å². The van der Waals surface area contributed by atoms with Crippen LogP contribution in [0, 0.1) is 0 Å². The Hall–Kier alpha value is -3.26. The molecule has 0 spiro atoms. The molecular weight excluding hydrogens is 452 g/mol. The summed E-state index contributed by atoms with van der Waals surface area (Å²) < 4.78 is 0. The maximum absolute atomic E-state index is 13.0. The summed E-state index contributed by atoms with van der Waals surface area (Å²) in [5.41, 5.74) is 4.71. The average Bonchev–Trinajstić information content (AvgIpc) is 3.40. The predicted octanol–water partition coefficient (Wildman–Crippen LogP) is 3.46. The normalized spacial score (nSPS) is 17.8. The Balaban J connectivity index is 1.05. The molecule has 0 saturated carbocycles. The van der Waals surface area contributed by atoms with Gasteiger partial charge in [0.25, 0.3) is 5.91 Å². The van der Waals surface area contributed by atoms with Crippen molar-refractivity contribution in [3.8, 4) is 0 Å². The van der Waals surface area contributed by atoms with Crippen molar-refractivity contribution in [3.05, 3.63) is 59.2 Å². The number of likely N-dealkylation sites (tertiary alicyclic amines) is 1. The SMILES string of the molecule is CC(C)c1ccc(CCC(=O)N2CCC(N3CCN(C(=O)c4ccc5n[nH]nc5c4)CC3)CC2)cc1. The first kappa shape index (κ1) is 24.4. The van der Waals surface area contributed by atoms with E-state index in [2.05, 4.69) is 58.4 Å². The summed E-state index contributed by atoms with van der Waals surface area (Å²) in [5, 5.41) is 10.7. The summed E-state index contributed by atoms with van der Waals surface area (Å²) in [7, 11) is 0. The van der Waals surface area contributed by atoms with E-state index in [4.69, 9.17) is 0 Å². The van der Waals surface area contributed by atoms with E-state index in [1.54, 1.807) is 6.07 Å². The number of carbonyl (C=O) groups is 2. The van der Waals surface area contributed by atoms with Crippen LogP contribution >= 0.6 is 0 Å². The minimum atomic E-state index is 0.0545. The van der Waals surface area contributed by atoms with Gasteiger partial charge in [-0.1, -0.05) is 38.1 Å². The topological polar surface area (TPSA) is 85.4 Å². The highest BCUT2D eigenvalue weighted by Crippen LogP contribution is 2.21. The van der Waals surface area contributed by atoms with Crippen LogP contribution in [-0.2, 0) is 11.2 Å². The van der Waals surface area contributed by atoms with E-state index >= 15 is 0 Å². The summed E-state index contributed by atoms with van der Waals surface area (Å²) in [4.78, 5) is 32.3. The van der Waals surface area contributed by atoms with Crippen molar-refractivity contribution < 1.29 is 9.59 Å². The van der Waals surface area contributed by atoms with Gasteiger partial charge in [0, 0.05) is 57.3 Å². The Bertz CT molecular complexity index is 1190. The third-order valence-electron chi connectivity index (χ3n) is 7.77. The Kier molecular flexibility index (Phi) is 7.32. The molecule has 5 rings (SSSR count). The lowest BCUT2D eigenvalue weighted by Gasteiger charge is -2.42. The van der Waals surface area contributed by atoms with Crippen molar-refractivity contribution in [2.75, 3.05) is 39.3 Å². The highest BCUT2D eigenvalue weighted by Gasteiger charge is 2.30. The third kappa shape index (κ3) is 5.43. The number of benzene rings is 2. The molecule has 8 nitrogen and oxygen atoms in total. The molecule has 0 unspecified atom stereocenters. The lowest BCUT2D eigenvalue weighted by atomic mass is 9.99. The Morgan fingerprint density at radius 2 is 1.58 bits per heavy atom. The number of piperazine rings is 1. The minimum Gasteiger partial charge on any atom is -0.343 e. The zero-order valence-corrected chi connectivity index (χ0v) is 21.3. The van der Waals surface area contributed by atoms with E-state index in [1.165, 1.54) is 11.1 Å². The van der Waals surface area contributed by atoms with Crippen LogP contribution < -0.4 is 0 Å². The fourth-order valence-corrected chi connectivity index (χ4v) is 5.41. The molecule has 0 aliphatic carbocycles. The molecule has 1 aromatic heterocycles.